The first kappa shape index (κ1) is 65.8. The van der Waals surface area contributed by atoms with Crippen LogP contribution in [-0.2, 0) is 0 Å². The third-order valence-corrected chi connectivity index (χ3v) is 12.3. The number of hydrogen-bond donors (Lipinski definition) is 0. The topological polar surface area (TPSA) is 12.4 Å². The summed E-state index contributed by atoms with van der Waals surface area (Å²) in [6, 6.07) is 0. The van der Waals surface area contributed by atoms with Gasteiger partial charge in [-0.15, -0.1) is 0 Å². The molecule has 0 aromatic heterocycles. The molecule has 0 saturated carbocycles. The van der Waals surface area contributed by atoms with E-state index in [4.69, 9.17) is 245 Å². The summed E-state index contributed by atoms with van der Waals surface area (Å²) in [5, 5.41) is 0. The molecule has 0 fully saturated rings. The minimum absolute atomic E-state index is 1.20. The van der Waals surface area contributed by atoms with Gasteiger partial charge in [0.15, 0.2) is 0 Å². The van der Waals surface area contributed by atoms with Crippen LogP contribution in [0.25, 0.3) is 0 Å². The molecule has 1 nitrogen and oxygen atoms in total. The van der Waals surface area contributed by atoms with Crippen molar-refractivity contribution in [3.63, 3.8) is 0 Å². The van der Waals surface area contributed by atoms with E-state index < -0.39 is 185 Å². The van der Waals surface area contributed by atoms with E-state index in [1.54, 1.807) is 0 Å². The molecule has 0 rings (SSSR count). The van der Waals surface area contributed by atoms with E-state index in [-0.39, 0.29) is 0 Å². The number of nitrogens with zero attached hydrogens (tertiary/aromatic N) is 1. The van der Waals surface area contributed by atoms with Gasteiger partial charge in [0.2, 0.25) is 0 Å². The predicted molar refractivity (Wildman–Crippen MR) is 353 cm³/mol. The molecule has 0 aromatic carbocycles. The molecule has 0 aliphatic heterocycles. The SMILES string of the molecule is [B]B([B])B([B])B(B(B=NB(B(B(B([B])[B])B([B])[B])B(B([B])[B])B([B])[B])B(B(B([B])[B])B([B])[B])B(B([B])[B])B([B])[B])B(B(B([B])[B])B([B])[B])B(B([B])[B])B([B])[B])B(B([B])[B])B([B])[B]. The molecule has 0 unspecified atom stereocenters. The van der Waals surface area contributed by atoms with Crippen LogP contribution < -0.4 is 0 Å². The van der Waals surface area contributed by atoms with Crippen LogP contribution in [0.15, 0.2) is 4.81 Å². The summed E-state index contributed by atoms with van der Waals surface area (Å²) in [5.74, 6) is 0. The fourth-order valence-electron chi connectivity index (χ4n) is 9.72. The predicted octanol–water partition coefficient (Wildman–Crippen LogP) is -23.0. The Hall–Kier alpha value is 3.76. The molecule has 0 amide bonds. The zero-order chi connectivity index (χ0) is 49.2. The molecule has 0 N–H and O–H groups in total. The molecule has 62 radical (unpaired) electrons. The van der Waals surface area contributed by atoms with E-state index in [1.165, 1.54) is 6.96 Å². The van der Waals surface area contributed by atoms with E-state index >= 15 is 0 Å². The summed E-state index contributed by atoms with van der Waals surface area (Å²) < 4.78 is 0. The van der Waals surface area contributed by atoms with Gasteiger partial charge in [-0.25, -0.2) is 0 Å². The molecule has 62 heavy (non-hydrogen) atoms. The molecule has 0 spiro atoms. The van der Waals surface area contributed by atoms with Gasteiger partial charge in [-0.05, 0) is 0 Å². The van der Waals surface area contributed by atoms with Crippen LogP contribution in [0.5, 0.6) is 0 Å². The van der Waals surface area contributed by atoms with Gasteiger partial charge in [0.05, 0.1) is 0 Å². The first-order chi connectivity index (χ1) is 28.2. The second-order valence-electron chi connectivity index (χ2n) is 17.0. The van der Waals surface area contributed by atoms with Crippen molar-refractivity contribution in [3.8, 4) is 0 Å². The average Bonchev–Trinajstić information content (AvgIpc) is 3.06. The normalized spacial score (nSPS) is 9.81. The van der Waals surface area contributed by atoms with Crippen LogP contribution >= 0.6 is 0 Å². The van der Waals surface area contributed by atoms with Gasteiger partial charge < -0.3 is 0 Å². The van der Waals surface area contributed by atoms with Gasteiger partial charge in [0, 0.05) is 0 Å². The molecular formula is B61N. The zero-order valence-electron chi connectivity index (χ0n) is 35.7. The third-order valence-electron chi connectivity index (χ3n) is 12.3. The Kier molecular flexibility index (Phi) is 32.5. The van der Waals surface area contributed by atoms with Crippen LogP contribution in [0.2, 0.25) is 0 Å². The van der Waals surface area contributed by atoms with Crippen molar-refractivity contribution in [1.82, 2.24) is 0 Å². The molecule has 0 bridgehead atoms. The molecule has 0 aliphatic rings. The van der Waals surface area contributed by atoms with E-state index in [1.807, 2.05) is 0 Å². The third kappa shape index (κ3) is 18.4. The van der Waals surface area contributed by atoms with Crippen molar-refractivity contribution >= 4 is 432 Å². The molecule has 0 saturated heterocycles. The summed E-state index contributed by atoms with van der Waals surface area (Å²) in [4.78, 5) is 5.21. The molecule has 0 atom stereocenters. The quantitative estimate of drug-likeness (QED) is 0.0701. The Morgan fingerprint density at radius 3 is 0.548 bits per heavy atom. The van der Waals surface area contributed by atoms with Crippen molar-refractivity contribution in [2.24, 2.45) is 4.81 Å². The fourth-order valence-corrected chi connectivity index (χ4v) is 9.72. The summed E-state index contributed by atoms with van der Waals surface area (Å²) >= 11 is 0. The van der Waals surface area contributed by atoms with E-state index in [9.17, 15) is 0 Å². The Balaban J connectivity index is 9.93. The maximum absolute atomic E-state index is 6.87. The van der Waals surface area contributed by atoms with E-state index in [0.717, 1.165) is 0 Å². The molecule has 0 aliphatic carbocycles. The van der Waals surface area contributed by atoms with Gasteiger partial charge >= 0.3 is 437 Å². The molecule has 62 heteroatoms. The van der Waals surface area contributed by atoms with Crippen molar-refractivity contribution < 1.29 is 0 Å². The van der Waals surface area contributed by atoms with Crippen LogP contribution in [0.4, 0.5) is 0 Å². The van der Waals surface area contributed by atoms with Crippen molar-refractivity contribution in [2.75, 3.05) is 0 Å². The molecule has 0 aromatic rings. The number of hydrogen-bond acceptors (Lipinski definition) is 1. The van der Waals surface area contributed by atoms with Crippen LogP contribution in [0, 0.1) is 0 Å². The first-order valence-corrected chi connectivity index (χ1v) is 20.2. The standard InChI is InChI=1S/B61N/c1-33(2)48(31)57(50(34(3)4)35(5)6)49(58(51(36(7)8)37(9)10)52(38(11)12)39(13)14)32-62-61(59(53(40(15)16)41(17)18)54(42(19)20)43(21)22)60(55(44(23)24)45(25)26)56(46(27)28)47(29)30. The molecular weight excluding hydrogens is 674 g/mol. The van der Waals surface area contributed by atoms with Crippen molar-refractivity contribution in [3.05, 3.63) is 0 Å². The van der Waals surface area contributed by atoms with Crippen LogP contribution in [0.1, 0.15) is 0 Å². The second kappa shape index (κ2) is 30.6. The van der Waals surface area contributed by atoms with Gasteiger partial charge in [-0.1, -0.05) is 0 Å². The monoisotopic (exact) mass is 686 g/mol. The van der Waals surface area contributed by atoms with Gasteiger partial charge in [-0.3, -0.25) is 0 Å². The zero-order valence-corrected chi connectivity index (χ0v) is 35.7. The Morgan fingerprint density at radius 1 is 0.194 bits per heavy atom. The summed E-state index contributed by atoms with van der Waals surface area (Å²) in [7, 11) is 200. The Labute approximate surface area is 433 Å². The van der Waals surface area contributed by atoms with Crippen LogP contribution in [0.3, 0.4) is 0 Å². The molecule has 0 heterocycles. The van der Waals surface area contributed by atoms with Gasteiger partial charge in [0.25, 0.3) is 0 Å². The van der Waals surface area contributed by atoms with Crippen molar-refractivity contribution in [1.29, 1.82) is 0 Å². The summed E-state index contributed by atoms with van der Waals surface area (Å²) in [6.45, 7) is -0.182. The average molecular weight is 674 g/mol. The second-order valence-corrected chi connectivity index (χ2v) is 17.0. The fraction of sp³-hybridized carbons (Fsp3) is 0. The summed E-state index contributed by atoms with van der Waals surface area (Å²) in [5.41, 5.74) is 0. The van der Waals surface area contributed by atoms with Gasteiger partial charge in [0.1, 0.15) is 0 Å². The minimum atomic E-state index is -1.50. The molecule has 188 valence electrons. The Morgan fingerprint density at radius 2 is 0.371 bits per heavy atom. The van der Waals surface area contributed by atoms with Crippen molar-refractivity contribution in [2.45, 2.75) is 0 Å². The Bertz CT molecular complexity index is 1010. The van der Waals surface area contributed by atoms with Gasteiger partial charge in [-0.2, -0.15) is 0 Å². The maximum atomic E-state index is 6.87. The van der Waals surface area contributed by atoms with E-state index in [0.29, 0.717) is 0 Å². The summed E-state index contributed by atoms with van der Waals surface area (Å²) in [6.07, 6.45) is -37.0. The number of rotatable bonds is 29. The first-order valence-electron chi connectivity index (χ1n) is 20.2. The van der Waals surface area contributed by atoms with Crippen LogP contribution in [-0.4, -0.2) is 432 Å². The van der Waals surface area contributed by atoms with E-state index in [2.05, 4.69) is 0 Å².